The lowest BCUT2D eigenvalue weighted by Gasteiger charge is -2.17. The predicted octanol–water partition coefficient (Wildman–Crippen LogP) is 8.65. The zero-order chi connectivity index (χ0) is 36.1. The van der Waals surface area contributed by atoms with Crippen molar-refractivity contribution in [1.29, 1.82) is 0 Å². The SMILES string of the molecule is O=C(O)c1ccc(C2N=C(c3ccccc3)C(c3ccc4c(c3)oc3cc(C5NC(c6ccc(C(=O)O)cc6)N=C5c5ccccc5)ccc34)N2)cc1. The van der Waals surface area contributed by atoms with E-state index in [2.05, 4.69) is 47.0 Å². The molecule has 258 valence electrons. The highest BCUT2D eigenvalue weighted by molar-refractivity contribution is 6.09. The summed E-state index contributed by atoms with van der Waals surface area (Å²) in [5.74, 6) is -1.93. The quantitative estimate of drug-likeness (QED) is 0.125. The molecule has 0 saturated carbocycles. The van der Waals surface area contributed by atoms with E-state index in [4.69, 9.17) is 14.4 Å². The van der Waals surface area contributed by atoms with Gasteiger partial charge in [0.05, 0.1) is 34.6 Å². The lowest BCUT2D eigenvalue weighted by molar-refractivity contribution is 0.0686. The molecule has 6 aromatic carbocycles. The van der Waals surface area contributed by atoms with E-state index in [0.29, 0.717) is 0 Å². The number of nitrogens with zero attached hydrogens (tertiary/aromatic N) is 2. The number of aromatic carboxylic acids is 2. The van der Waals surface area contributed by atoms with Crippen LogP contribution in [0.2, 0.25) is 0 Å². The van der Waals surface area contributed by atoms with E-state index >= 15 is 0 Å². The zero-order valence-corrected chi connectivity index (χ0v) is 28.2. The first-order valence-electron chi connectivity index (χ1n) is 17.3. The van der Waals surface area contributed by atoms with Crippen LogP contribution in [0.4, 0.5) is 0 Å². The number of carboxylic acid groups (broad SMARTS) is 2. The molecular formula is C44H32N4O5. The molecule has 0 bridgehead atoms. The monoisotopic (exact) mass is 696 g/mol. The Balaban J connectivity index is 1.05. The molecule has 0 saturated heterocycles. The van der Waals surface area contributed by atoms with E-state index in [9.17, 15) is 19.8 Å². The number of benzene rings is 6. The van der Waals surface area contributed by atoms with Crippen molar-refractivity contribution in [3.63, 3.8) is 0 Å². The van der Waals surface area contributed by atoms with E-state index in [1.807, 2.05) is 60.7 Å². The number of fused-ring (bicyclic) bond motifs is 3. The first-order valence-corrected chi connectivity index (χ1v) is 17.3. The van der Waals surface area contributed by atoms with Gasteiger partial charge in [0.25, 0.3) is 0 Å². The van der Waals surface area contributed by atoms with Crippen LogP contribution in [-0.2, 0) is 0 Å². The molecule has 1 aromatic heterocycles. The maximum atomic E-state index is 11.5. The van der Waals surface area contributed by atoms with Crippen molar-refractivity contribution >= 4 is 45.3 Å². The number of hydrogen-bond acceptors (Lipinski definition) is 7. The van der Waals surface area contributed by atoms with E-state index in [1.54, 1.807) is 48.5 Å². The molecule has 0 amide bonds. The van der Waals surface area contributed by atoms with Crippen LogP contribution in [0.3, 0.4) is 0 Å². The van der Waals surface area contributed by atoms with Crippen molar-refractivity contribution in [2.24, 2.45) is 9.98 Å². The molecule has 7 aromatic rings. The smallest absolute Gasteiger partial charge is 0.335 e. The summed E-state index contributed by atoms with van der Waals surface area (Å²) < 4.78 is 6.58. The third kappa shape index (κ3) is 5.97. The molecular weight excluding hydrogens is 665 g/mol. The molecule has 9 heteroatoms. The van der Waals surface area contributed by atoms with Crippen LogP contribution in [0.25, 0.3) is 21.9 Å². The van der Waals surface area contributed by atoms with E-state index < -0.39 is 11.9 Å². The molecule has 0 spiro atoms. The van der Waals surface area contributed by atoms with Gasteiger partial charge in [0.1, 0.15) is 23.5 Å². The minimum atomic E-state index is -0.966. The number of rotatable bonds is 8. The molecule has 9 nitrogen and oxygen atoms in total. The lowest BCUT2D eigenvalue weighted by Crippen LogP contribution is -2.24. The highest BCUT2D eigenvalue weighted by Gasteiger charge is 2.33. The Bertz CT molecular complexity index is 2400. The van der Waals surface area contributed by atoms with Crippen molar-refractivity contribution in [2.45, 2.75) is 24.4 Å². The Labute approximate surface area is 304 Å². The molecule has 53 heavy (non-hydrogen) atoms. The Hall–Kier alpha value is -6.68. The van der Waals surface area contributed by atoms with Crippen LogP contribution in [0.1, 0.15) is 78.5 Å². The maximum absolute atomic E-state index is 11.5. The van der Waals surface area contributed by atoms with Crippen LogP contribution in [0.15, 0.2) is 160 Å². The van der Waals surface area contributed by atoms with Crippen LogP contribution in [-0.4, -0.2) is 33.6 Å². The molecule has 3 heterocycles. The zero-order valence-electron chi connectivity index (χ0n) is 28.2. The average Bonchev–Trinajstić information content (AvgIpc) is 3.94. The summed E-state index contributed by atoms with van der Waals surface area (Å²) in [6, 6.07) is 45.8. The van der Waals surface area contributed by atoms with Gasteiger partial charge in [-0.25, -0.2) is 9.59 Å². The first kappa shape index (κ1) is 32.2. The maximum Gasteiger partial charge on any atom is 0.335 e. The number of aliphatic imine (C=N–C) groups is 2. The van der Waals surface area contributed by atoms with Gasteiger partial charge >= 0.3 is 11.9 Å². The number of furan rings is 1. The Kier molecular flexibility index (Phi) is 7.99. The van der Waals surface area contributed by atoms with Crippen molar-refractivity contribution in [2.75, 3.05) is 0 Å². The van der Waals surface area contributed by atoms with Gasteiger partial charge in [-0.15, -0.1) is 0 Å². The third-order valence-electron chi connectivity index (χ3n) is 10.0. The number of carboxylic acids is 2. The summed E-state index contributed by atoms with van der Waals surface area (Å²) in [4.78, 5) is 33.1. The molecule has 0 aliphatic carbocycles. The van der Waals surface area contributed by atoms with Crippen molar-refractivity contribution in [3.8, 4) is 0 Å². The van der Waals surface area contributed by atoms with Crippen LogP contribution >= 0.6 is 0 Å². The van der Waals surface area contributed by atoms with Crippen molar-refractivity contribution in [1.82, 2.24) is 10.6 Å². The van der Waals surface area contributed by atoms with Crippen LogP contribution < -0.4 is 10.6 Å². The fourth-order valence-corrected chi connectivity index (χ4v) is 7.31. The van der Waals surface area contributed by atoms with Gasteiger partial charge in [0.15, 0.2) is 0 Å². The number of carbonyl (C=O) groups is 2. The predicted molar refractivity (Wildman–Crippen MR) is 204 cm³/mol. The molecule has 0 radical (unpaired) electrons. The average molecular weight is 697 g/mol. The first-order chi connectivity index (χ1) is 25.9. The van der Waals surface area contributed by atoms with E-state index in [1.165, 1.54) is 0 Å². The summed E-state index contributed by atoms with van der Waals surface area (Å²) in [6.45, 7) is 0. The van der Waals surface area contributed by atoms with Gasteiger partial charge in [0, 0.05) is 10.8 Å². The van der Waals surface area contributed by atoms with E-state index in [0.717, 1.165) is 66.7 Å². The molecule has 4 unspecified atom stereocenters. The molecule has 0 fully saturated rings. The topological polar surface area (TPSA) is 137 Å². The number of hydrogen-bond donors (Lipinski definition) is 4. The van der Waals surface area contributed by atoms with Gasteiger partial charge < -0.3 is 14.6 Å². The third-order valence-corrected chi connectivity index (χ3v) is 10.0. The highest BCUT2D eigenvalue weighted by atomic mass is 16.4. The normalized spacial score (nSPS) is 19.7. The second-order valence-electron chi connectivity index (χ2n) is 13.2. The van der Waals surface area contributed by atoms with Gasteiger partial charge in [0.2, 0.25) is 0 Å². The molecule has 2 aliphatic rings. The standard InChI is InChI=1S/C44H32N4O5/c49-43(50)29-15-11-27(12-16-29)41-45-37(25-7-3-1-4-8-25)39(47-41)31-19-21-33-34-22-20-32(24-36(34)53-35(33)23-31)40-38(26-9-5-2-6-10-26)46-42(48-40)28-13-17-30(18-14-28)44(51)52/h1-24,39-42,47-48H,(H,49,50)(H,51,52). The summed E-state index contributed by atoms with van der Waals surface area (Å²) in [5, 5.41) is 28.1. The fraction of sp³-hybridized carbons (Fsp3) is 0.0909. The van der Waals surface area contributed by atoms with Gasteiger partial charge in [-0.3, -0.25) is 20.6 Å². The van der Waals surface area contributed by atoms with Crippen LogP contribution in [0, 0.1) is 0 Å². The minimum Gasteiger partial charge on any atom is -0.478 e. The Morgan fingerprint density at radius 2 is 0.868 bits per heavy atom. The largest absolute Gasteiger partial charge is 0.478 e. The molecule has 4 N–H and O–H groups in total. The molecule has 2 aliphatic heterocycles. The van der Waals surface area contributed by atoms with Gasteiger partial charge in [-0.05, 0) is 69.8 Å². The van der Waals surface area contributed by atoms with Crippen LogP contribution in [0.5, 0.6) is 0 Å². The second kappa shape index (κ2) is 13.1. The fourth-order valence-electron chi connectivity index (χ4n) is 7.31. The minimum absolute atomic E-state index is 0.230. The molecule has 9 rings (SSSR count). The van der Waals surface area contributed by atoms with Gasteiger partial charge in [-0.2, -0.15) is 0 Å². The lowest BCUT2D eigenvalue weighted by atomic mass is 9.95. The highest BCUT2D eigenvalue weighted by Crippen LogP contribution is 2.38. The van der Waals surface area contributed by atoms with Gasteiger partial charge in [-0.1, -0.05) is 109 Å². The summed E-state index contributed by atoms with van der Waals surface area (Å²) in [5.41, 5.74) is 9.50. The summed E-state index contributed by atoms with van der Waals surface area (Å²) >= 11 is 0. The molecule has 4 atom stereocenters. The summed E-state index contributed by atoms with van der Waals surface area (Å²) in [7, 11) is 0. The summed E-state index contributed by atoms with van der Waals surface area (Å²) in [6.07, 6.45) is -0.712. The Morgan fingerprint density at radius 1 is 0.491 bits per heavy atom. The number of nitrogens with one attached hydrogen (secondary N) is 2. The van der Waals surface area contributed by atoms with Crippen molar-refractivity contribution < 1.29 is 24.2 Å². The second-order valence-corrected chi connectivity index (χ2v) is 13.2. The van der Waals surface area contributed by atoms with Crippen molar-refractivity contribution in [3.05, 3.63) is 190 Å². The Morgan fingerprint density at radius 3 is 1.25 bits per heavy atom. The van der Waals surface area contributed by atoms with E-state index in [-0.39, 0.29) is 35.5 Å².